The lowest BCUT2D eigenvalue weighted by Crippen LogP contribution is -2.25. The summed E-state index contributed by atoms with van der Waals surface area (Å²) in [4.78, 5) is 18.6. The van der Waals surface area contributed by atoms with Crippen molar-refractivity contribution in [2.45, 2.75) is 51.6 Å². The van der Waals surface area contributed by atoms with Gasteiger partial charge in [0, 0.05) is 25.4 Å². The molecule has 39 heavy (non-hydrogen) atoms. The van der Waals surface area contributed by atoms with Gasteiger partial charge in [0.15, 0.2) is 11.5 Å². The summed E-state index contributed by atoms with van der Waals surface area (Å²) in [5.41, 5.74) is 2.27. The smallest absolute Gasteiger partial charge is 0.282 e. The first-order valence-electron chi connectivity index (χ1n) is 13.0. The molecule has 1 aliphatic carbocycles. The number of rotatable bonds is 8. The van der Waals surface area contributed by atoms with E-state index in [-0.39, 0.29) is 11.5 Å². The Bertz CT molecular complexity index is 1570. The third-order valence-corrected chi connectivity index (χ3v) is 8.22. The number of hydrogen-bond donors (Lipinski definition) is 0. The van der Waals surface area contributed by atoms with Crippen molar-refractivity contribution >= 4 is 60.6 Å². The van der Waals surface area contributed by atoms with Crippen LogP contribution in [-0.2, 0) is 6.61 Å². The Morgan fingerprint density at radius 1 is 1.03 bits per heavy atom. The summed E-state index contributed by atoms with van der Waals surface area (Å²) in [5, 5.41) is 5.90. The van der Waals surface area contributed by atoms with Crippen LogP contribution in [0.25, 0.3) is 10.9 Å². The molecule has 0 spiro atoms. The zero-order valence-corrected chi connectivity index (χ0v) is 25.4. The van der Waals surface area contributed by atoms with Crippen LogP contribution in [0.4, 0.5) is 0 Å². The van der Waals surface area contributed by atoms with E-state index in [9.17, 15) is 4.79 Å². The molecule has 0 unspecified atom stereocenters. The van der Waals surface area contributed by atoms with Crippen molar-refractivity contribution in [1.82, 2.24) is 9.66 Å². The summed E-state index contributed by atoms with van der Waals surface area (Å²) < 4.78 is 15.0. The standard InChI is InChI=1S/C30H28Br2ClN3O3/c1-2-38-27-14-21(25(32)16-28(27)39-18-19-8-11-23(33)12-9-19)17-34-36-29(20-6-4-3-5-7-20)35-26-13-10-22(31)15-24(26)30(36)37/h8-17,20H,2-7,18H2,1H3. The molecule has 202 valence electrons. The van der Waals surface area contributed by atoms with E-state index in [1.807, 2.05) is 55.5 Å². The molecule has 5 rings (SSSR count). The summed E-state index contributed by atoms with van der Waals surface area (Å²) >= 11 is 13.1. The molecule has 0 aliphatic heterocycles. The molecule has 0 amide bonds. The molecule has 4 aromatic rings. The molecule has 3 aromatic carbocycles. The molecule has 0 radical (unpaired) electrons. The predicted octanol–water partition coefficient (Wildman–Crippen LogP) is 8.48. The van der Waals surface area contributed by atoms with E-state index in [1.54, 1.807) is 12.3 Å². The average Bonchev–Trinajstić information content (AvgIpc) is 2.94. The quantitative estimate of drug-likeness (QED) is 0.176. The number of halogens is 3. The highest BCUT2D eigenvalue weighted by atomic mass is 79.9. The minimum atomic E-state index is -0.179. The Morgan fingerprint density at radius 3 is 2.51 bits per heavy atom. The van der Waals surface area contributed by atoms with Crippen molar-refractivity contribution in [1.29, 1.82) is 0 Å². The maximum atomic E-state index is 13.6. The van der Waals surface area contributed by atoms with Crippen LogP contribution in [0.3, 0.4) is 0 Å². The fourth-order valence-corrected chi connectivity index (χ4v) is 5.71. The monoisotopic (exact) mass is 671 g/mol. The number of aromatic nitrogens is 2. The van der Waals surface area contributed by atoms with Gasteiger partial charge in [-0.25, -0.2) is 4.98 Å². The molecule has 0 saturated heterocycles. The molecule has 1 fully saturated rings. The van der Waals surface area contributed by atoms with Crippen LogP contribution >= 0.6 is 43.5 Å². The maximum absolute atomic E-state index is 13.6. The van der Waals surface area contributed by atoms with Crippen LogP contribution < -0.4 is 15.0 Å². The average molecular weight is 674 g/mol. The SMILES string of the molecule is CCOc1cc(C=Nn2c(C3CCCCC3)nc3ccc(Br)cc3c2=O)c(Br)cc1OCc1ccc(Cl)cc1. The van der Waals surface area contributed by atoms with Gasteiger partial charge in [-0.05, 0) is 83.7 Å². The van der Waals surface area contributed by atoms with Gasteiger partial charge in [0.25, 0.3) is 5.56 Å². The van der Waals surface area contributed by atoms with Crippen LogP contribution in [0.2, 0.25) is 5.02 Å². The zero-order chi connectivity index (χ0) is 27.4. The van der Waals surface area contributed by atoms with Gasteiger partial charge < -0.3 is 9.47 Å². The number of hydrogen-bond acceptors (Lipinski definition) is 5. The van der Waals surface area contributed by atoms with Gasteiger partial charge in [-0.2, -0.15) is 9.78 Å². The summed E-state index contributed by atoms with van der Waals surface area (Å²) in [6.45, 7) is 2.77. The van der Waals surface area contributed by atoms with E-state index in [4.69, 9.17) is 26.1 Å². The Labute approximate surface area is 249 Å². The van der Waals surface area contributed by atoms with Gasteiger partial charge in [0.2, 0.25) is 0 Å². The van der Waals surface area contributed by atoms with Gasteiger partial charge in [-0.1, -0.05) is 58.9 Å². The van der Waals surface area contributed by atoms with Crippen LogP contribution in [0, 0.1) is 0 Å². The van der Waals surface area contributed by atoms with Gasteiger partial charge in [0.05, 0.1) is 23.7 Å². The summed E-state index contributed by atoms with van der Waals surface area (Å²) in [7, 11) is 0. The minimum Gasteiger partial charge on any atom is -0.490 e. The summed E-state index contributed by atoms with van der Waals surface area (Å²) in [6, 6.07) is 16.9. The van der Waals surface area contributed by atoms with E-state index in [0.29, 0.717) is 40.6 Å². The molecule has 6 nitrogen and oxygen atoms in total. The topological polar surface area (TPSA) is 65.7 Å². The molecule has 1 saturated carbocycles. The molecule has 1 heterocycles. The number of nitrogens with zero attached hydrogens (tertiary/aromatic N) is 3. The first-order chi connectivity index (χ1) is 18.9. The van der Waals surface area contributed by atoms with Gasteiger partial charge in [-0.3, -0.25) is 4.79 Å². The normalized spacial score (nSPS) is 14.3. The highest BCUT2D eigenvalue weighted by Gasteiger charge is 2.22. The fourth-order valence-electron chi connectivity index (χ4n) is 4.80. The molecule has 9 heteroatoms. The lowest BCUT2D eigenvalue weighted by Gasteiger charge is -2.22. The first kappa shape index (κ1) is 27.9. The first-order valence-corrected chi connectivity index (χ1v) is 15.0. The fraction of sp³-hybridized carbons (Fsp3) is 0.300. The van der Waals surface area contributed by atoms with E-state index < -0.39 is 0 Å². The molecule has 0 N–H and O–H groups in total. The second kappa shape index (κ2) is 12.7. The second-order valence-electron chi connectivity index (χ2n) is 9.50. The summed E-state index contributed by atoms with van der Waals surface area (Å²) in [6.07, 6.45) is 7.15. The third-order valence-electron chi connectivity index (χ3n) is 6.79. The molecular formula is C30H28Br2ClN3O3. The van der Waals surface area contributed by atoms with Crippen LogP contribution in [0.5, 0.6) is 11.5 Å². The second-order valence-corrected chi connectivity index (χ2v) is 11.7. The van der Waals surface area contributed by atoms with E-state index >= 15 is 0 Å². The van der Waals surface area contributed by atoms with Crippen molar-refractivity contribution in [2.24, 2.45) is 5.10 Å². The number of benzene rings is 3. The molecule has 0 atom stereocenters. The van der Waals surface area contributed by atoms with Crippen LogP contribution in [0.15, 0.2) is 73.4 Å². The molecule has 1 aromatic heterocycles. The minimum absolute atomic E-state index is 0.179. The predicted molar refractivity (Wildman–Crippen MR) is 164 cm³/mol. The Morgan fingerprint density at radius 2 is 1.77 bits per heavy atom. The largest absolute Gasteiger partial charge is 0.490 e. The number of ether oxygens (including phenoxy) is 2. The van der Waals surface area contributed by atoms with Crippen molar-refractivity contribution < 1.29 is 9.47 Å². The van der Waals surface area contributed by atoms with Gasteiger partial charge in [0.1, 0.15) is 12.4 Å². The lowest BCUT2D eigenvalue weighted by atomic mass is 9.88. The third kappa shape index (κ3) is 6.56. The highest BCUT2D eigenvalue weighted by Crippen LogP contribution is 2.35. The summed E-state index contributed by atoms with van der Waals surface area (Å²) in [5.74, 6) is 2.11. The number of fused-ring (bicyclic) bond motifs is 1. The lowest BCUT2D eigenvalue weighted by molar-refractivity contribution is 0.269. The van der Waals surface area contributed by atoms with E-state index in [0.717, 1.165) is 51.6 Å². The van der Waals surface area contributed by atoms with Crippen molar-refractivity contribution in [3.8, 4) is 11.5 Å². The maximum Gasteiger partial charge on any atom is 0.282 e. The Hall–Kier alpha value is -2.68. The van der Waals surface area contributed by atoms with Crippen molar-refractivity contribution in [3.63, 3.8) is 0 Å². The van der Waals surface area contributed by atoms with Gasteiger partial charge >= 0.3 is 0 Å². The van der Waals surface area contributed by atoms with E-state index in [2.05, 4.69) is 37.0 Å². The van der Waals surface area contributed by atoms with E-state index in [1.165, 1.54) is 11.1 Å². The molecular weight excluding hydrogens is 646 g/mol. The van der Waals surface area contributed by atoms with Crippen molar-refractivity contribution in [3.05, 3.63) is 95.9 Å². The highest BCUT2D eigenvalue weighted by molar-refractivity contribution is 9.10. The Balaban J connectivity index is 1.50. The van der Waals surface area contributed by atoms with Crippen LogP contribution in [0.1, 0.15) is 61.9 Å². The zero-order valence-electron chi connectivity index (χ0n) is 21.5. The molecule has 0 bridgehead atoms. The van der Waals surface area contributed by atoms with Crippen LogP contribution in [-0.4, -0.2) is 22.5 Å². The Kier molecular flexibility index (Phi) is 9.05. The van der Waals surface area contributed by atoms with Gasteiger partial charge in [-0.15, -0.1) is 0 Å². The van der Waals surface area contributed by atoms with Crippen molar-refractivity contribution in [2.75, 3.05) is 6.61 Å². The molecule has 1 aliphatic rings.